The van der Waals surface area contributed by atoms with E-state index in [-0.39, 0.29) is 18.2 Å². The summed E-state index contributed by atoms with van der Waals surface area (Å²) in [5, 5.41) is 10.3. The van der Waals surface area contributed by atoms with Crippen LogP contribution in [0.1, 0.15) is 40.2 Å². The third kappa shape index (κ3) is 4.75. The molecule has 0 aromatic carbocycles. The minimum absolute atomic E-state index is 0.0307. The Kier molecular flexibility index (Phi) is 6.45. The summed E-state index contributed by atoms with van der Waals surface area (Å²) in [5.74, 6) is 1.34. The van der Waals surface area contributed by atoms with Gasteiger partial charge in [-0.3, -0.25) is 9.55 Å². The first-order valence-electron chi connectivity index (χ1n) is 12.6. The summed E-state index contributed by atoms with van der Waals surface area (Å²) >= 11 is 0. The van der Waals surface area contributed by atoms with E-state index < -0.39 is 5.60 Å². The normalized spacial score (nSPS) is 17.9. The molecular formula is C28H30N8O2. The number of nitriles is 1. The second-order valence-electron chi connectivity index (χ2n) is 10.5. The molecule has 4 aromatic rings. The molecule has 1 aliphatic heterocycles. The van der Waals surface area contributed by atoms with Crippen LogP contribution in [-0.2, 0) is 4.74 Å². The minimum Gasteiger partial charge on any atom is -0.444 e. The van der Waals surface area contributed by atoms with Crippen molar-refractivity contribution in [3.05, 3.63) is 60.8 Å². The SMILES string of the molecule is C[C@@H]1CN(c2ncnc3c2c(-c2ccccn2)cn3-c2cc(C#N)ccn2)[C@@H](C)CN1C(=O)OC(C)(C)C. The molecular weight excluding hydrogens is 480 g/mol. The molecule has 5 rings (SSSR count). The molecule has 0 saturated carbocycles. The van der Waals surface area contributed by atoms with E-state index in [1.54, 1.807) is 35.8 Å². The Morgan fingerprint density at radius 3 is 2.58 bits per heavy atom. The van der Waals surface area contributed by atoms with Gasteiger partial charge in [-0.2, -0.15) is 5.26 Å². The predicted octanol–water partition coefficient (Wildman–Crippen LogP) is 4.58. The highest BCUT2D eigenvalue weighted by Crippen LogP contribution is 2.37. The summed E-state index contributed by atoms with van der Waals surface area (Å²) in [6.07, 6.45) is 6.54. The van der Waals surface area contributed by atoms with Gasteiger partial charge in [0.25, 0.3) is 0 Å². The number of fused-ring (bicyclic) bond motifs is 1. The zero-order valence-electron chi connectivity index (χ0n) is 22.2. The third-order valence-electron chi connectivity index (χ3n) is 6.51. The van der Waals surface area contributed by atoms with Crippen molar-refractivity contribution in [1.82, 2.24) is 29.4 Å². The fourth-order valence-electron chi connectivity index (χ4n) is 4.77. The van der Waals surface area contributed by atoms with Gasteiger partial charge in [0, 0.05) is 49.3 Å². The number of carbonyl (C=O) groups excluding carboxylic acids is 1. The van der Waals surface area contributed by atoms with Crippen molar-refractivity contribution in [3.63, 3.8) is 0 Å². The number of anilines is 1. The van der Waals surface area contributed by atoms with Crippen molar-refractivity contribution in [1.29, 1.82) is 5.26 Å². The summed E-state index contributed by atoms with van der Waals surface area (Å²) in [4.78, 5) is 35.4. The summed E-state index contributed by atoms with van der Waals surface area (Å²) in [6.45, 7) is 10.8. The number of rotatable bonds is 3. The van der Waals surface area contributed by atoms with Gasteiger partial charge in [0.2, 0.25) is 0 Å². The first-order chi connectivity index (χ1) is 18.2. The quantitative estimate of drug-likeness (QED) is 0.393. The minimum atomic E-state index is -0.562. The van der Waals surface area contributed by atoms with Crippen LogP contribution in [0.5, 0.6) is 0 Å². The molecule has 2 atom stereocenters. The molecule has 1 fully saturated rings. The van der Waals surface area contributed by atoms with Crippen molar-refractivity contribution < 1.29 is 9.53 Å². The van der Waals surface area contributed by atoms with Crippen LogP contribution in [-0.4, -0.2) is 66.3 Å². The van der Waals surface area contributed by atoms with Crippen molar-refractivity contribution >= 4 is 22.9 Å². The summed E-state index contributed by atoms with van der Waals surface area (Å²) in [7, 11) is 0. The molecule has 4 aromatic heterocycles. The van der Waals surface area contributed by atoms with Gasteiger partial charge in [-0.05, 0) is 58.9 Å². The van der Waals surface area contributed by atoms with Gasteiger partial charge in [0.05, 0.1) is 22.7 Å². The number of carbonyl (C=O) groups is 1. The Labute approximate surface area is 221 Å². The molecule has 10 nitrogen and oxygen atoms in total. The third-order valence-corrected chi connectivity index (χ3v) is 6.51. The van der Waals surface area contributed by atoms with Crippen LogP contribution in [0.4, 0.5) is 10.6 Å². The Hall–Kier alpha value is -4.52. The van der Waals surface area contributed by atoms with E-state index in [9.17, 15) is 10.1 Å². The average molecular weight is 511 g/mol. The van der Waals surface area contributed by atoms with Gasteiger partial charge >= 0.3 is 6.09 Å². The second kappa shape index (κ2) is 9.74. The number of hydrogen-bond donors (Lipinski definition) is 0. The highest BCUT2D eigenvalue weighted by Gasteiger charge is 2.36. The maximum absolute atomic E-state index is 12.9. The molecule has 1 saturated heterocycles. The molecule has 0 aliphatic carbocycles. The zero-order valence-corrected chi connectivity index (χ0v) is 22.2. The molecule has 10 heteroatoms. The number of piperazine rings is 1. The fourth-order valence-corrected chi connectivity index (χ4v) is 4.77. The smallest absolute Gasteiger partial charge is 0.410 e. The monoisotopic (exact) mass is 510 g/mol. The first kappa shape index (κ1) is 25.1. The van der Waals surface area contributed by atoms with Crippen molar-refractivity contribution in [2.45, 2.75) is 52.3 Å². The van der Waals surface area contributed by atoms with Gasteiger partial charge in [-0.15, -0.1) is 0 Å². The highest BCUT2D eigenvalue weighted by atomic mass is 16.6. The van der Waals surface area contributed by atoms with Gasteiger partial charge in [-0.1, -0.05) is 6.07 Å². The summed E-state index contributed by atoms with van der Waals surface area (Å²) in [6, 6.07) is 11.2. The van der Waals surface area contributed by atoms with E-state index >= 15 is 0 Å². The Bertz CT molecular complexity index is 1520. The van der Waals surface area contributed by atoms with Gasteiger partial charge in [0.15, 0.2) is 5.65 Å². The van der Waals surface area contributed by atoms with Crippen LogP contribution in [0.25, 0.3) is 28.1 Å². The van der Waals surface area contributed by atoms with Crippen LogP contribution in [0, 0.1) is 11.3 Å². The van der Waals surface area contributed by atoms with E-state index in [0.717, 1.165) is 22.5 Å². The van der Waals surface area contributed by atoms with E-state index in [1.165, 1.54) is 0 Å². The lowest BCUT2D eigenvalue weighted by Gasteiger charge is -2.44. The number of pyridine rings is 2. The molecule has 0 spiro atoms. The molecule has 0 unspecified atom stereocenters. The molecule has 0 radical (unpaired) electrons. The standard InChI is InChI=1S/C28H30N8O2/c1-18-15-35(27(37)38-28(3,4)5)19(2)14-34(18)25-24-21(22-8-6-7-10-30-22)16-36(26(24)33-17-32-25)23-12-20(13-29)9-11-31-23/h6-12,16-19H,14-15H2,1-5H3/t18-,19+/m0/s1. The maximum Gasteiger partial charge on any atom is 0.410 e. The fraction of sp³-hybridized carbons (Fsp3) is 0.357. The number of amides is 1. The highest BCUT2D eigenvalue weighted by molar-refractivity contribution is 6.01. The van der Waals surface area contributed by atoms with Gasteiger partial charge < -0.3 is 14.5 Å². The summed E-state index contributed by atoms with van der Waals surface area (Å²) < 4.78 is 7.53. The van der Waals surface area contributed by atoms with Crippen LogP contribution in [0.2, 0.25) is 0 Å². The van der Waals surface area contributed by atoms with Crippen molar-refractivity contribution in [2.75, 3.05) is 18.0 Å². The largest absolute Gasteiger partial charge is 0.444 e. The Balaban J connectivity index is 1.61. The lowest BCUT2D eigenvalue weighted by Crippen LogP contribution is -2.59. The van der Waals surface area contributed by atoms with E-state index in [1.807, 2.05) is 56.7 Å². The molecule has 1 aliphatic rings. The van der Waals surface area contributed by atoms with Crippen LogP contribution >= 0.6 is 0 Å². The van der Waals surface area contributed by atoms with Crippen LogP contribution in [0.15, 0.2) is 55.2 Å². The maximum atomic E-state index is 12.9. The molecule has 1 amide bonds. The number of aromatic nitrogens is 5. The molecule has 5 heterocycles. The topological polar surface area (TPSA) is 113 Å². The first-order valence-corrected chi connectivity index (χ1v) is 12.6. The summed E-state index contributed by atoms with van der Waals surface area (Å²) in [5.41, 5.74) is 2.23. The number of ether oxygens (including phenoxy) is 1. The predicted molar refractivity (Wildman–Crippen MR) is 144 cm³/mol. The Morgan fingerprint density at radius 1 is 1.05 bits per heavy atom. The van der Waals surface area contributed by atoms with Gasteiger partial charge in [-0.25, -0.2) is 19.7 Å². The molecule has 38 heavy (non-hydrogen) atoms. The van der Waals surface area contributed by atoms with Crippen molar-refractivity contribution in [2.24, 2.45) is 0 Å². The molecule has 0 bridgehead atoms. The lowest BCUT2D eigenvalue weighted by molar-refractivity contribution is 0.0130. The lowest BCUT2D eigenvalue weighted by atomic mass is 10.1. The van der Waals surface area contributed by atoms with E-state index in [0.29, 0.717) is 30.1 Å². The van der Waals surface area contributed by atoms with Crippen molar-refractivity contribution in [3.8, 4) is 23.1 Å². The van der Waals surface area contributed by atoms with Crippen LogP contribution in [0.3, 0.4) is 0 Å². The number of nitrogens with zero attached hydrogens (tertiary/aromatic N) is 8. The zero-order chi connectivity index (χ0) is 27.0. The number of hydrogen-bond acceptors (Lipinski definition) is 8. The molecule has 194 valence electrons. The second-order valence-corrected chi connectivity index (χ2v) is 10.5. The van der Waals surface area contributed by atoms with Crippen LogP contribution < -0.4 is 4.90 Å². The van der Waals surface area contributed by atoms with E-state index in [2.05, 4.69) is 32.8 Å². The van der Waals surface area contributed by atoms with E-state index in [4.69, 9.17) is 9.72 Å². The average Bonchev–Trinajstić information content (AvgIpc) is 3.29. The van der Waals surface area contributed by atoms with Gasteiger partial charge in [0.1, 0.15) is 23.6 Å². The molecule has 0 N–H and O–H groups in total. The Morgan fingerprint density at radius 2 is 1.87 bits per heavy atom.